The van der Waals surface area contributed by atoms with Gasteiger partial charge in [-0.25, -0.2) is 4.68 Å². The van der Waals surface area contributed by atoms with Gasteiger partial charge in [0.25, 0.3) is 10.2 Å². The van der Waals surface area contributed by atoms with Gasteiger partial charge in [-0.05, 0) is 44.7 Å². The largest absolute Gasteiger partial charge is 0.383 e. The lowest BCUT2D eigenvalue weighted by Gasteiger charge is -2.36. The molecule has 4 rings (SSSR count). The smallest absolute Gasteiger partial charge is 0.281 e. The Morgan fingerprint density at radius 3 is 2.40 bits per heavy atom. The Morgan fingerprint density at radius 2 is 1.70 bits per heavy atom. The van der Waals surface area contributed by atoms with Gasteiger partial charge in [-0.2, -0.15) is 22.1 Å². The molecule has 2 saturated heterocycles. The van der Waals surface area contributed by atoms with Crippen molar-refractivity contribution in [1.29, 1.82) is 0 Å². The topological polar surface area (TPSA) is 102 Å². The number of hydrogen-bond donors (Lipinski definition) is 1. The van der Waals surface area contributed by atoms with Gasteiger partial charge in [0, 0.05) is 32.1 Å². The third kappa shape index (κ3) is 4.01. The highest BCUT2D eigenvalue weighted by Crippen LogP contribution is 2.28. The number of nitrogens with two attached hydrogens (primary N) is 1. The first-order valence-corrected chi connectivity index (χ1v) is 12.0. The van der Waals surface area contributed by atoms with E-state index in [4.69, 9.17) is 5.73 Å². The molecule has 0 spiro atoms. The summed E-state index contributed by atoms with van der Waals surface area (Å²) in [6.07, 6.45) is 5.66. The molecular formula is C21H29N5O3S. The van der Waals surface area contributed by atoms with Crippen LogP contribution in [-0.4, -0.2) is 58.8 Å². The highest BCUT2D eigenvalue weighted by atomic mass is 32.2. The third-order valence-corrected chi connectivity index (χ3v) is 8.07. The summed E-state index contributed by atoms with van der Waals surface area (Å²) in [6.45, 7) is 3.78. The van der Waals surface area contributed by atoms with Crippen LogP contribution < -0.4 is 5.73 Å². The van der Waals surface area contributed by atoms with Crippen LogP contribution in [0.2, 0.25) is 0 Å². The van der Waals surface area contributed by atoms with Crippen molar-refractivity contribution in [3.63, 3.8) is 0 Å². The number of aromatic nitrogens is 2. The van der Waals surface area contributed by atoms with E-state index in [1.165, 1.54) is 10.5 Å². The van der Waals surface area contributed by atoms with Crippen molar-refractivity contribution in [1.82, 2.24) is 18.4 Å². The lowest BCUT2D eigenvalue weighted by atomic mass is 9.92. The molecule has 0 radical (unpaired) electrons. The van der Waals surface area contributed by atoms with Crippen LogP contribution in [0.15, 0.2) is 30.5 Å². The van der Waals surface area contributed by atoms with Crippen LogP contribution in [0.1, 0.15) is 48.0 Å². The molecule has 2 N–H and O–H groups in total. The lowest BCUT2D eigenvalue weighted by molar-refractivity contribution is 0.0870. The second-order valence-electron chi connectivity index (χ2n) is 8.22. The summed E-state index contributed by atoms with van der Waals surface area (Å²) in [5.74, 6) is -0.249. The predicted octanol–water partition coefficient (Wildman–Crippen LogP) is 2.39. The number of benzene rings is 1. The number of piperidine rings is 2. The summed E-state index contributed by atoms with van der Waals surface area (Å²) in [5, 5.41) is 4.30. The zero-order valence-corrected chi connectivity index (χ0v) is 18.1. The molecule has 1 aromatic carbocycles. The zero-order valence-electron chi connectivity index (χ0n) is 17.3. The normalized spacial score (nSPS) is 21.6. The fourth-order valence-electron chi connectivity index (χ4n) is 4.28. The molecule has 2 fully saturated rings. The average Bonchev–Trinajstić information content (AvgIpc) is 3.15. The van der Waals surface area contributed by atoms with Gasteiger partial charge in [-0.15, -0.1) is 0 Å². The number of Topliss-reactive ketones (excluding diaryl/α,β-unsaturated/α-hetero) is 1. The van der Waals surface area contributed by atoms with Gasteiger partial charge in [-0.1, -0.05) is 24.1 Å². The van der Waals surface area contributed by atoms with Gasteiger partial charge < -0.3 is 5.73 Å². The van der Waals surface area contributed by atoms with Crippen LogP contribution in [-0.2, 0) is 10.2 Å². The van der Waals surface area contributed by atoms with Crippen molar-refractivity contribution in [3.8, 4) is 5.69 Å². The van der Waals surface area contributed by atoms with Crippen LogP contribution in [0.3, 0.4) is 0 Å². The summed E-state index contributed by atoms with van der Waals surface area (Å²) in [5.41, 5.74) is 8.53. The molecule has 0 bridgehead atoms. The number of anilines is 1. The van der Waals surface area contributed by atoms with E-state index in [0.29, 0.717) is 43.9 Å². The van der Waals surface area contributed by atoms with Crippen molar-refractivity contribution < 1.29 is 13.2 Å². The first kappa shape index (κ1) is 21.0. The first-order chi connectivity index (χ1) is 14.4. The van der Waals surface area contributed by atoms with Gasteiger partial charge >= 0.3 is 0 Å². The Balaban J connectivity index is 1.52. The number of rotatable bonds is 5. The second-order valence-corrected chi connectivity index (χ2v) is 10.1. The zero-order chi connectivity index (χ0) is 21.3. The summed E-state index contributed by atoms with van der Waals surface area (Å²) in [6, 6.07) is 7.73. The molecule has 9 heteroatoms. The maximum absolute atomic E-state index is 13.2. The number of carbonyl (C=O) groups is 1. The molecule has 1 aromatic heterocycles. The van der Waals surface area contributed by atoms with Gasteiger partial charge in [0.15, 0.2) is 5.78 Å². The molecule has 162 valence electrons. The fraction of sp³-hybridized carbons (Fsp3) is 0.524. The van der Waals surface area contributed by atoms with Gasteiger partial charge in [0.1, 0.15) is 5.82 Å². The van der Waals surface area contributed by atoms with E-state index in [1.807, 2.05) is 31.2 Å². The highest BCUT2D eigenvalue weighted by molar-refractivity contribution is 7.86. The average molecular weight is 432 g/mol. The van der Waals surface area contributed by atoms with E-state index >= 15 is 0 Å². The Bertz CT molecular complexity index is 1010. The molecule has 30 heavy (non-hydrogen) atoms. The third-order valence-electron chi connectivity index (χ3n) is 6.07. The predicted molar refractivity (Wildman–Crippen MR) is 116 cm³/mol. The Morgan fingerprint density at radius 1 is 1.03 bits per heavy atom. The minimum Gasteiger partial charge on any atom is -0.383 e. The maximum Gasteiger partial charge on any atom is 0.281 e. The molecule has 2 aliphatic heterocycles. The van der Waals surface area contributed by atoms with E-state index in [2.05, 4.69) is 5.10 Å². The number of ketones is 1. The minimum atomic E-state index is -3.52. The SMILES string of the molecule is Cc1ccc(-n2ncc(C(=O)[C@H]3CCCN(S(=O)(=O)N4CCCCC4)C3)c2N)cc1. The summed E-state index contributed by atoms with van der Waals surface area (Å²) >= 11 is 0. The summed E-state index contributed by atoms with van der Waals surface area (Å²) in [7, 11) is -3.52. The van der Waals surface area contributed by atoms with E-state index < -0.39 is 16.1 Å². The Hall–Kier alpha value is -2.23. The lowest BCUT2D eigenvalue weighted by Crippen LogP contribution is -2.50. The number of hydrogen-bond acceptors (Lipinski definition) is 5. The van der Waals surface area contributed by atoms with Crippen molar-refractivity contribution in [2.45, 2.75) is 39.0 Å². The number of nitrogen functional groups attached to an aromatic ring is 1. The van der Waals surface area contributed by atoms with Crippen LogP contribution >= 0.6 is 0 Å². The summed E-state index contributed by atoms with van der Waals surface area (Å²) < 4.78 is 30.6. The highest BCUT2D eigenvalue weighted by Gasteiger charge is 2.37. The molecule has 1 atom stereocenters. The van der Waals surface area contributed by atoms with Crippen molar-refractivity contribution in [2.24, 2.45) is 5.92 Å². The Labute approximate surface area is 177 Å². The maximum atomic E-state index is 13.2. The molecular weight excluding hydrogens is 402 g/mol. The molecule has 0 saturated carbocycles. The molecule has 0 aliphatic carbocycles. The van der Waals surface area contributed by atoms with Gasteiger partial charge in [0.05, 0.1) is 17.4 Å². The monoisotopic (exact) mass is 431 g/mol. The van der Waals surface area contributed by atoms with Crippen LogP contribution in [0.5, 0.6) is 0 Å². The second kappa shape index (κ2) is 8.49. The fourth-order valence-corrected chi connectivity index (χ4v) is 6.06. The van der Waals surface area contributed by atoms with E-state index in [-0.39, 0.29) is 12.3 Å². The molecule has 0 unspecified atom stereocenters. The number of nitrogens with zero attached hydrogens (tertiary/aromatic N) is 4. The van der Waals surface area contributed by atoms with Crippen molar-refractivity contribution in [2.75, 3.05) is 31.9 Å². The van der Waals surface area contributed by atoms with E-state index in [9.17, 15) is 13.2 Å². The first-order valence-electron chi connectivity index (χ1n) is 10.6. The molecule has 2 aromatic rings. The number of carbonyl (C=O) groups excluding carboxylic acids is 1. The van der Waals surface area contributed by atoms with Gasteiger partial charge in [-0.3, -0.25) is 4.79 Å². The van der Waals surface area contributed by atoms with Crippen molar-refractivity contribution >= 4 is 21.8 Å². The van der Waals surface area contributed by atoms with E-state index in [1.54, 1.807) is 8.99 Å². The van der Waals surface area contributed by atoms with Crippen LogP contribution in [0, 0.1) is 12.8 Å². The van der Waals surface area contributed by atoms with Gasteiger partial charge in [0.2, 0.25) is 0 Å². The summed E-state index contributed by atoms with van der Waals surface area (Å²) in [4.78, 5) is 13.2. The van der Waals surface area contributed by atoms with Crippen molar-refractivity contribution in [3.05, 3.63) is 41.6 Å². The standard InChI is InChI=1S/C21H29N5O3S/c1-16-7-9-18(10-8-16)26-21(22)19(14-23-26)20(27)17-6-5-13-25(15-17)30(28,29)24-11-3-2-4-12-24/h7-10,14,17H,2-6,11-13,15,22H2,1H3/t17-/m0/s1. The molecule has 8 nitrogen and oxygen atoms in total. The van der Waals surface area contributed by atoms with Crippen LogP contribution in [0.25, 0.3) is 5.69 Å². The minimum absolute atomic E-state index is 0.135. The Kier molecular flexibility index (Phi) is 5.95. The quantitative estimate of drug-likeness (QED) is 0.733. The molecule has 3 heterocycles. The molecule has 0 amide bonds. The van der Waals surface area contributed by atoms with Crippen LogP contribution in [0.4, 0.5) is 5.82 Å². The van der Waals surface area contributed by atoms with E-state index in [0.717, 1.165) is 30.5 Å². The molecule has 2 aliphatic rings. The number of aryl methyl sites for hydroxylation is 1.